The van der Waals surface area contributed by atoms with Gasteiger partial charge in [-0.05, 0) is 93.5 Å². The first-order chi connectivity index (χ1) is 16.3. The molecular formula is C29H45N3O2. The molecule has 5 aliphatic carbocycles. The summed E-state index contributed by atoms with van der Waals surface area (Å²) in [4.78, 5) is 30.4. The van der Waals surface area contributed by atoms with E-state index in [2.05, 4.69) is 30.1 Å². The number of likely N-dealkylation sites (N-methyl/N-ethyl adjacent to an activating group) is 1. The molecule has 0 spiro atoms. The van der Waals surface area contributed by atoms with Gasteiger partial charge in [-0.15, -0.1) is 0 Å². The molecule has 0 radical (unpaired) electrons. The van der Waals surface area contributed by atoms with Gasteiger partial charge in [-0.25, -0.2) is 4.79 Å². The molecule has 7 atom stereocenters. The predicted octanol–water partition coefficient (Wildman–Crippen LogP) is 5.50. The number of rotatable bonds is 3. The zero-order valence-corrected chi connectivity index (χ0v) is 21.6. The van der Waals surface area contributed by atoms with Gasteiger partial charge in [0, 0.05) is 36.6 Å². The third-order valence-electron chi connectivity index (χ3n) is 11.5. The lowest BCUT2D eigenvalue weighted by atomic mass is 9.48. The topological polar surface area (TPSA) is 52.7 Å². The van der Waals surface area contributed by atoms with Crippen molar-refractivity contribution in [1.82, 2.24) is 15.1 Å². The van der Waals surface area contributed by atoms with Gasteiger partial charge in [0.25, 0.3) is 0 Å². The first-order valence-corrected chi connectivity index (χ1v) is 14.4. The monoisotopic (exact) mass is 467 g/mol. The molecule has 0 aromatic heterocycles. The summed E-state index contributed by atoms with van der Waals surface area (Å²) in [7, 11) is 2.01. The van der Waals surface area contributed by atoms with E-state index in [-0.39, 0.29) is 22.8 Å². The Labute approximate surface area is 206 Å². The molecule has 34 heavy (non-hydrogen) atoms. The van der Waals surface area contributed by atoms with E-state index in [0.29, 0.717) is 36.0 Å². The molecule has 1 N–H and O–H groups in total. The summed E-state index contributed by atoms with van der Waals surface area (Å²) in [5.41, 5.74) is 0.330. The van der Waals surface area contributed by atoms with E-state index in [1.165, 1.54) is 64.2 Å². The lowest BCUT2D eigenvalue weighted by Gasteiger charge is -2.60. The Morgan fingerprint density at radius 2 is 1.74 bits per heavy atom. The standard InChI is InChI=1S/C29H45N3O2/c1-28-18-16-26(33)31(3)24(28)13-11-21-22-12-14-25(29(22,2)17-15-23(21)28)32(20-9-10-20)27(34)30-19-7-5-4-6-8-19/h16,18-25H,4-15,17H2,1-3H3,(H,30,34)/t21-,22-,23-,24+,25-,28+,29-/m0/s1. The van der Waals surface area contributed by atoms with Crippen LogP contribution in [-0.2, 0) is 4.79 Å². The highest BCUT2D eigenvalue weighted by Gasteiger charge is 2.62. The predicted molar refractivity (Wildman–Crippen MR) is 134 cm³/mol. The quantitative estimate of drug-likeness (QED) is 0.596. The molecule has 6 aliphatic rings. The second-order valence-corrected chi connectivity index (χ2v) is 13.2. The van der Waals surface area contributed by atoms with Crippen LogP contribution in [0.25, 0.3) is 0 Å². The summed E-state index contributed by atoms with van der Waals surface area (Å²) >= 11 is 0. The van der Waals surface area contributed by atoms with Crippen LogP contribution >= 0.6 is 0 Å². The molecule has 1 aliphatic heterocycles. The Hall–Kier alpha value is -1.52. The van der Waals surface area contributed by atoms with E-state index < -0.39 is 0 Å². The van der Waals surface area contributed by atoms with Gasteiger partial charge >= 0.3 is 6.03 Å². The van der Waals surface area contributed by atoms with Crippen molar-refractivity contribution in [2.75, 3.05) is 7.05 Å². The summed E-state index contributed by atoms with van der Waals surface area (Å²) in [6, 6.07) is 1.84. The maximum atomic E-state index is 13.7. The first-order valence-electron chi connectivity index (χ1n) is 14.4. The number of urea groups is 1. The van der Waals surface area contributed by atoms with Crippen LogP contribution in [-0.4, -0.2) is 53.0 Å². The van der Waals surface area contributed by atoms with E-state index in [1.807, 2.05) is 18.0 Å². The molecule has 5 fully saturated rings. The van der Waals surface area contributed by atoms with Crippen molar-refractivity contribution in [3.63, 3.8) is 0 Å². The number of hydrogen-bond acceptors (Lipinski definition) is 2. The molecule has 188 valence electrons. The summed E-state index contributed by atoms with van der Waals surface area (Å²) in [5.74, 6) is 2.25. The van der Waals surface area contributed by atoms with Crippen molar-refractivity contribution in [2.45, 2.75) is 121 Å². The highest BCUT2D eigenvalue weighted by Crippen LogP contribution is 2.65. The Kier molecular flexibility index (Phi) is 5.57. The smallest absolute Gasteiger partial charge is 0.318 e. The summed E-state index contributed by atoms with van der Waals surface area (Å²) in [6.45, 7) is 4.97. The summed E-state index contributed by atoms with van der Waals surface area (Å²) < 4.78 is 0. The molecule has 5 nitrogen and oxygen atoms in total. The van der Waals surface area contributed by atoms with Crippen LogP contribution < -0.4 is 5.32 Å². The van der Waals surface area contributed by atoms with E-state index in [4.69, 9.17) is 0 Å². The molecule has 0 aromatic carbocycles. The normalized spacial score (nSPS) is 44.3. The van der Waals surface area contributed by atoms with Crippen molar-refractivity contribution in [3.8, 4) is 0 Å². The minimum atomic E-state index is 0.0968. The van der Waals surface area contributed by atoms with Crippen LogP contribution in [0.1, 0.15) is 97.3 Å². The van der Waals surface area contributed by atoms with Crippen LogP contribution in [0.4, 0.5) is 4.79 Å². The average molecular weight is 468 g/mol. The van der Waals surface area contributed by atoms with Gasteiger partial charge in [0.2, 0.25) is 5.91 Å². The number of amides is 3. The lowest BCUT2D eigenvalue weighted by molar-refractivity contribution is -0.139. The van der Waals surface area contributed by atoms with Crippen molar-refractivity contribution in [2.24, 2.45) is 28.6 Å². The summed E-state index contributed by atoms with van der Waals surface area (Å²) in [6.07, 6.45) is 19.9. The Bertz CT molecular complexity index is 861. The van der Waals surface area contributed by atoms with Gasteiger partial charge in [-0.3, -0.25) is 4.79 Å². The fourth-order valence-corrected chi connectivity index (χ4v) is 9.58. The fraction of sp³-hybridized carbons (Fsp3) is 0.862. The van der Waals surface area contributed by atoms with E-state index in [9.17, 15) is 9.59 Å². The zero-order valence-electron chi connectivity index (χ0n) is 21.6. The van der Waals surface area contributed by atoms with Gasteiger partial charge in [-0.1, -0.05) is 39.2 Å². The molecule has 6 rings (SSSR count). The second-order valence-electron chi connectivity index (χ2n) is 13.2. The lowest BCUT2D eigenvalue weighted by Crippen LogP contribution is -2.61. The van der Waals surface area contributed by atoms with E-state index in [0.717, 1.165) is 25.2 Å². The van der Waals surface area contributed by atoms with Gasteiger partial charge in [-0.2, -0.15) is 0 Å². The third-order valence-corrected chi connectivity index (χ3v) is 11.5. The van der Waals surface area contributed by atoms with Gasteiger partial charge in [0.1, 0.15) is 0 Å². The van der Waals surface area contributed by atoms with Gasteiger partial charge in [0.05, 0.1) is 0 Å². The van der Waals surface area contributed by atoms with Gasteiger partial charge < -0.3 is 15.1 Å². The number of carbonyl (C=O) groups is 2. The molecule has 0 aromatic rings. The Morgan fingerprint density at radius 1 is 0.971 bits per heavy atom. The average Bonchev–Trinajstić information content (AvgIpc) is 3.59. The second kappa shape index (κ2) is 8.27. The molecular weight excluding hydrogens is 422 g/mol. The highest BCUT2D eigenvalue weighted by molar-refractivity contribution is 5.89. The van der Waals surface area contributed by atoms with Crippen LogP contribution in [0.5, 0.6) is 0 Å². The summed E-state index contributed by atoms with van der Waals surface area (Å²) in [5, 5.41) is 3.48. The van der Waals surface area contributed by atoms with Crippen LogP contribution in [0.15, 0.2) is 12.2 Å². The van der Waals surface area contributed by atoms with E-state index in [1.54, 1.807) is 0 Å². The first kappa shape index (κ1) is 22.9. The molecule has 0 bridgehead atoms. The maximum absolute atomic E-state index is 13.7. The minimum absolute atomic E-state index is 0.0968. The third kappa shape index (κ3) is 3.46. The Balaban J connectivity index is 1.23. The molecule has 5 saturated carbocycles. The Morgan fingerprint density at radius 3 is 2.47 bits per heavy atom. The van der Waals surface area contributed by atoms with Crippen molar-refractivity contribution < 1.29 is 9.59 Å². The van der Waals surface area contributed by atoms with Crippen LogP contribution in [0.2, 0.25) is 0 Å². The van der Waals surface area contributed by atoms with Crippen molar-refractivity contribution >= 4 is 11.9 Å². The molecule has 3 amide bonds. The van der Waals surface area contributed by atoms with E-state index >= 15 is 0 Å². The largest absolute Gasteiger partial charge is 0.338 e. The van der Waals surface area contributed by atoms with Crippen molar-refractivity contribution in [1.29, 1.82) is 0 Å². The molecule has 0 unspecified atom stereocenters. The zero-order chi connectivity index (χ0) is 23.7. The maximum Gasteiger partial charge on any atom is 0.318 e. The fourth-order valence-electron chi connectivity index (χ4n) is 9.58. The molecule has 5 heteroatoms. The number of fused-ring (bicyclic) bond motifs is 5. The SMILES string of the molecule is CN1C(=O)C=C[C@]2(C)[C@H]3CC[C@]4(C)[C@@H](N(C(=O)NC5CCCCC5)C5CC5)CC[C@H]4[C@@H]3CC[C@@H]12. The number of hydrogen-bond donors (Lipinski definition) is 1. The van der Waals surface area contributed by atoms with Crippen LogP contribution in [0, 0.1) is 28.6 Å². The minimum Gasteiger partial charge on any atom is -0.338 e. The molecule has 1 heterocycles. The number of nitrogens with one attached hydrogen (secondary N) is 1. The van der Waals surface area contributed by atoms with Crippen LogP contribution in [0.3, 0.4) is 0 Å². The number of carbonyl (C=O) groups excluding carboxylic acids is 2. The number of nitrogens with zero attached hydrogens (tertiary/aromatic N) is 2. The van der Waals surface area contributed by atoms with Crippen molar-refractivity contribution in [3.05, 3.63) is 12.2 Å². The molecule has 0 saturated heterocycles. The highest BCUT2D eigenvalue weighted by atomic mass is 16.2. The van der Waals surface area contributed by atoms with Gasteiger partial charge in [0.15, 0.2) is 0 Å².